The van der Waals surface area contributed by atoms with Crippen LogP contribution in [0.25, 0.3) is 0 Å². The first-order valence-corrected chi connectivity index (χ1v) is 9.50. The van der Waals surface area contributed by atoms with Crippen LogP contribution in [-0.2, 0) is 9.84 Å². The summed E-state index contributed by atoms with van der Waals surface area (Å²) in [4.78, 5) is 0. The van der Waals surface area contributed by atoms with Gasteiger partial charge in [0, 0.05) is 18.1 Å². The number of nitrogens with one attached hydrogen (secondary N) is 1. The van der Waals surface area contributed by atoms with Crippen molar-refractivity contribution < 1.29 is 8.42 Å². The third-order valence-corrected chi connectivity index (χ3v) is 4.94. The van der Waals surface area contributed by atoms with Gasteiger partial charge in [0.1, 0.15) is 9.84 Å². The van der Waals surface area contributed by atoms with Crippen molar-refractivity contribution in [3.63, 3.8) is 0 Å². The van der Waals surface area contributed by atoms with Crippen LogP contribution in [0.5, 0.6) is 0 Å². The van der Waals surface area contributed by atoms with Crippen molar-refractivity contribution in [3.8, 4) is 0 Å². The van der Waals surface area contributed by atoms with Crippen LogP contribution in [0.15, 0.2) is 0 Å². The SMILES string of the molecule is CCCNC(CCCS(C)(=O)=O)C1CCCCC1. The van der Waals surface area contributed by atoms with E-state index >= 15 is 0 Å². The zero-order valence-corrected chi connectivity index (χ0v) is 12.8. The van der Waals surface area contributed by atoms with E-state index in [9.17, 15) is 8.42 Å². The summed E-state index contributed by atoms with van der Waals surface area (Å²) in [5.74, 6) is 1.11. The summed E-state index contributed by atoms with van der Waals surface area (Å²) >= 11 is 0. The minimum absolute atomic E-state index is 0.337. The second kappa shape index (κ2) is 8.16. The monoisotopic (exact) mass is 275 g/mol. The first kappa shape index (κ1) is 16.0. The van der Waals surface area contributed by atoms with Gasteiger partial charge in [0.05, 0.1) is 0 Å². The molecule has 0 aromatic heterocycles. The van der Waals surface area contributed by atoms with E-state index in [-0.39, 0.29) is 0 Å². The quantitative estimate of drug-likeness (QED) is 0.741. The number of hydrogen-bond acceptors (Lipinski definition) is 3. The molecule has 0 bridgehead atoms. The van der Waals surface area contributed by atoms with E-state index in [1.807, 2.05) is 0 Å². The van der Waals surface area contributed by atoms with E-state index in [0.717, 1.165) is 31.7 Å². The topological polar surface area (TPSA) is 46.2 Å². The van der Waals surface area contributed by atoms with Gasteiger partial charge in [-0.15, -0.1) is 0 Å². The lowest BCUT2D eigenvalue weighted by Gasteiger charge is -2.31. The molecule has 0 amide bonds. The van der Waals surface area contributed by atoms with Crippen molar-refractivity contribution in [2.45, 2.75) is 64.3 Å². The zero-order valence-electron chi connectivity index (χ0n) is 12.0. The van der Waals surface area contributed by atoms with E-state index < -0.39 is 9.84 Å². The second-order valence-corrected chi connectivity index (χ2v) is 7.99. The fraction of sp³-hybridized carbons (Fsp3) is 1.00. The molecule has 0 aromatic rings. The Hall–Kier alpha value is -0.0900. The molecule has 18 heavy (non-hydrogen) atoms. The Bertz CT molecular complexity index is 308. The van der Waals surface area contributed by atoms with Crippen molar-refractivity contribution in [2.24, 2.45) is 5.92 Å². The van der Waals surface area contributed by atoms with Crippen molar-refractivity contribution >= 4 is 9.84 Å². The molecule has 1 aliphatic carbocycles. The highest BCUT2D eigenvalue weighted by molar-refractivity contribution is 7.90. The van der Waals surface area contributed by atoms with Gasteiger partial charge in [-0.2, -0.15) is 0 Å². The summed E-state index contributed by atoms with van der Waals surface area (Å²) in [7, 11) is -2.80. The van der Waals surface area contributed by atoms with E-state index in [1.165, 1.54) is 38.4 Å². The highest BCUT2D eigenvalue weighted by Crippen LogP contribution is 2.28. The normalized spacial score (nSPS) is 19.9. The standard InChI is InChI=1S/C14H29NO2S/c1-3-11-15-14(10-7-12-18(2,16)17)13-8-5-4-6-9-13/h13-15H,3-12H2,1-2H3. The highest BCUT2D eigenvalue weighted by atomic mass is 32.2. The lowest BCUT2D eigenvalue weighted by atomic mass is 9.82. The number of rotatable bonds is 8. The fourth-order valence-corrected chi connectivity index (χ4v) is 3.63. The largest absolute Gasteiger partial charge is 0.314 e. The molecule has 1 saturated carbocycles. The average molecular weight is 275 g/mol. The van der Waals surface area contributed by atoms with Crippen LogP contribution in [0.2, 0.25) is 0 Å². The van der Waals surface area contributed by atoms with Crippen LogP contribution in [0.3, 0.4) is 0 Å². The third kappa shape index (κ3) is 6.74. The summed E-state index contributed by atoms with van der Waals surface area (Å²) in [6.45, 7) is 3.24. The summed E-state index contributed by atoms with van der Waals surface area (Å²) in [6, 6.07) is 0.534. The molecule has 1 aliphatic rings. The first-order chi connectivity index (χ1) is 8.53. The maximum absolute atomic E-state index is 11.2. The molecular weight excluding hydrogens is 246 g/mol. The van der Waals surface area contributed by atoms with Gasteiger partial charge < -0.3 is 5.32 Å². The molecule has 1 unspecified atom stereocenters. The molecule has 1 atom stereocenters. The highest BCUT2D eigenvalue weighted by Gasteiger charge is 2.22. The first-order valence-electron chi connectivity index (χ1n) is 7.44. The maximum Gasteiger partial charge on any atom is 0.147 e. The Morgan fingerprint density at radius 1 is 1.22 bits per heavy atom. The molecule has 3 nitrogen and oxygen atoms in total. The van der Waals surface area contributed by atoms with E-state index in [4.69, 9.17) is 0 Å². The van der Waals surface area contributed by atoms with E-state index in [0.29, 0.717) is 11.8 Å². The van der Waals surface area contributed by atoms with Crippen molar-refractivity contribution in [3.05, 3.63) is 0 Å². The molecule has 0 saturated heterocycles. The molecule has 0 radical (unpaired) electrons. The lowest BCUT2D eigenvalue weighted by molar-refractivity contribution is 0.257. The maximum atomic E-state index is 11.2. The van der Waals surface area contributed by atoms with Gasteiger partial charge in [0.25, 0.3) is 0 Å². The number of sulfone groups is 1. The van der Waals surface area contributed by atoms with Crippen molar-refractivity contribution in [2.75, 3.05) is 18.6 Å². The molecule has 0 aliphatic heterocycles. The molecule has 1 fully saturated rings. The minimum Gasteiger partial charge on any atom is -0.314 e. The molecule has 4 heteroatoms. The molecule has 0 spiro atoms. The van der Waals surface area contributed by atoms with E-state index in [1.54, 1.807) is 0 Å². The van der Waals surface area contributed by atoms with Gasteiger partial charge in [-0.05, 0) is 44.6 Å². The Kier molecular flexibility index (Phi) is 7.23. The smallest absolute Gasteiger partial charge is 0.147 e. The summed E-state index contributed by atoms with van der Waals surface area (Å²) < 4.78 is 22.4. The van der Waals surface area contributed by atoms with Gasteiger partial charge in [-0.3, -0.25) is 0 Å². The van der Waals surface area contributed by atoms with Gasteiger partial charge in [-0.1, -0.05) is 26.2 Å². The van der Waals surface area contributed by atoms with Gasteiger partial charge in [0.15, 0.2) is 0 Å². The fourth-order valence-electron chi connectivity index (χ4n) is 2.94. The molecule has 108 valence electrons. The van der Waals surface area contributed by atoms with Crippen LogP contribution in [0.4, 0.5) is 0 Å². The van der Waals surface area contributed by atoms with E-state index in [2.05, 4.69) is 12.2 Å². The molecular formula is C14H29NO2S. The van der Waals surface area contributed by atoms with Gasteiger partial charge in [0.2, 0.25) is 0 Å². The predicted molar refractivity (Wildman–Crippen MR) is 77.6 cm³/mol. The van der Waals surface area contributed by atoms with Crippen molar-refractivity contribution in [1.29, 1.82) is 0 Å². The second-order valence-electron chi connectivity index (χ2n) is 5.73. The van der Waals surface area contributed by atoms with Crippen LogP contribution in [0, 0.1) is 5.92 Å². The van der Waals surface area contributed by atoms with Crippen LogP contribution in [-0.4, -0.2) is 33.0 Å². The summed E-state index contributed by atoms with van der Waals surface area (Å²) in [5.41, 5.74) is 0. The average Bonchev–Trinajstić information content (AvgIpc) is 2.33. The van der Waals surface area contributed by atoms with Gasteiger partial charge >= 0.3 is 0 Å². The molecule has 1 rings (SSSR count). The third-order valence-electron chi connectivity index (χ3n) is 3.91. The summed E-state index contributed by atoms with van der Waals surface area (Å²) in [5, 5.41) is 3.63. The Labute approximate surface area is 113 Å². The van der Waals surface area contributed by atoms with Gasteiger partial charge in [-0.25, -0.2) is 8.42 Å². The Morgan fingerprint density at radius 2 is 1.89 bits per heavy atom. The Balaban J connectivity index is 2.38. The van der Waals surface area contributed by atoms with Crippen LogP contribution < -0.4 is 5.32 Å². The predicted octanol–water partition coefficient (Wildman–Crippen LogP) is 2.76. The van der Waals surface area contributed by atoms with Crippen molar-refractivity contribution in [1.82, 2.24) is 5.32 Å². The summed E-state index contributed by atoms with van der Waals surface area (Å²) in [6.07, 6.45) is 11.0. The van der Waals surface area contributed by atoms with Crippen LogP contribution in [0.1, 0.15) is 58.3 Å². The lowest BCUT2D eigenvalue weighted by Crippen LogP contribution is -2.38. The van der Waals surface area contributed by atoms with Crippen LogP contribution >= 0.6 is 0 Å². The Morgan fingerprint density at radius 3 is 2.44 bits per heavy atom. The minimum atomic E-state index is -2.80. The molecule has 0 aromatic carbocycles. The number of hydrogen-bond donors (Lipinski definition) is 1. The zero-order chi connectivity index (χ0) is 13.4. The molecule has 1 N–H and O–H groups in total. The molecule has 0 heterocycles.